The normalized spacial score (nSPS) is 10.1. The van der Waals surface area contributed by atoms with Crippen molar-refractivity contribution in [2.75, 3.05) is 18.5 Å². The monoisotopic (exact) mass is 271 g/mol. The molecule has 5 nitrogen and oxygen atoms in total. The van der Waals surface area contributed by atoms with E-state index in [2.05, 4.69) is 5.32 Å². The maximum Gasteiger partial charge on any atom is 0.337 e. The maximum absolute atomic E-state index is 11.4. The van der Waals surface area contributed by atoms with Crippen molar-refractivity contribution >= 4 is 29.2 Å². The van der Waals surface area contributed by atoms with Crippen LogP contribution < -0.4 is 5.32 Å². The Hall–Kier alpha value is -1.59. The number of amides is 1. The van der Waals surface area contributed by atoms with Crippen molar-refractivity contribution in [1.82, 2.24) is 0 Å². The third-order valence-electron chi connectivity index (χ3n) is 2.06. The van der Waals surface area contributed by atoms with Gasteiger partial charge in [-0.1, -0.05) is 18.5 Å². The number of carboxylic acids is 1. The van der Waals surface area contributed by atoms with E-state index < -0.39 is 5.97 Å². The van der Waals surface area contributed by atoms with Gasteiger partial charge in [-0.2, -0.15) is 0 Å². The number of hydrogen-bond donors (Lipinski definition) is 2. The number of rotatable bonds is 6. The van der Waals surface area contributed by atoms with Gasteiger partial charge < -0.3 is 15.2 Å². The molecule has 1 aromatic rings. The van der Waals surface area contributed by atoms with Crippen LogP contribution in [0.1, 0.15) is 23.7 Å². The van der Waals surface area contributed by atoms with E-state index in [0.29, 0.717) is 12.3 Å². The Labute approximate surface area is 110 Å². The Morgan fingerprint density at radius 3 is 2.78 bits per heavy atom. The lowest BCUT2D eigenvalue weighted by atomic mass is 10.2. The Morgan fingerprint density at radius 1 is 1.44 bits per heavy atom. The number of carbonyl (C=O) groups is 2. The first kappa shape index (κ1) is 14.5. The van der Waals surface area contributed by atoms with E-state index in [1.54, 1.807) is 0 Å². The Kier molecular flexibility index (Phi) is 5.61. The third-order valence-corrected chi connectivity index (χ3v) is 2.39. The lowest BCUT2D eigenvalue weighted by Crippen LogP contribution is -2.18. The second-order valence-electron chi connectivity index (χ2n) is 3.60. The van der Waals surface area contributed by atoms with Crippen molar-refractivity contribution in [2.45, 2.75) is 13.3 Å². The second kappa shape index (κ2) is 6.98. The van der Waals surface area contributed by atoms with Gasteiger partial charge in [-0.3, -0.25) is 4.79 Å². The molecule has 0 aliphatic carbocycles. The predicted octanol–water partition coefficient (Wildman–Crippen LogP) is 2.40. The molecule has 1 rings (SSSR count). The zero-order chi connectivity index (χ0) is 13.5. The second-order valence-corrected chi connectivity index (χ2v) is 4.01. The van der Waals surface area contributed by atoms with Gasteiger partial charge in [-0.25, -0.2) is 4.79 Å². The van der Waals surface area contributed by atoms with Crippen LogP contribution in [0.25, 0.3) is 0 Å². The summed E-state index contributed by atoms with van der Waals surface area (Å²) < 4.78 is 5.06. The van der Waals surface area contributed by atoms with Crippen molar-refractivity contribution < 1.29 is 19.4 Å². The quantitative estimate of drug-likeness (QED) is 0.779. The summed E-state index contributed by atoms with van der Waals surface area (Å²) >= 11 is 5.71. The van der Waals surface area contributed by atoms with Gasteiger partial charge in [-0.05, 0) is 24.6 Å². The number of carboxylic acid groups (broad SMARTS) is 1. The SMILES string of the molecule is CCCOCC(=O)Nc1ccc(Cl)c(C(=O)O)c1. The Balaban J connectivity index is 2.65. The summed E-state index contributed by atoms with van der Waals surface area (Å²) in [4.78, 5) is 22.3. The van der Waals surface area contributed by atoms with Crippen LogP contribution in [-0.4, -0.2) is 30.2 Å². The molecule has 0 spiro atoms. The summed E-state index contributed by atoms with van der Waals surface area (Å²) in [6.45, 7) is 2.39. The van der Waals surface area contributed by atoms with Crippen LogP contribution in [0.3, 0.4) is 0 Å². The van der Waals surface area contributed by atoms with Crippen LogP contribution in [0.15, 0.2) is 18.2 Å². The van der Waals surface area contributed by atoms with Crippen LogP contribution in [0.4, 0.5) is 5.69 Å². The van der Waals surface area contributed by atoms with Gasteiger partial charge in [0.25, 0.3) is 0 Å². The minimum absolute atomic E-state index is 0.0519. The maximum atomic E-state index is 11.4. The smallest absolute Gasteiger partial charge is 0.337 e. The lowest BCUT2D eigenvalue weighted by molar-refractivity contribution is -0.120. The van der Waals surface area contributed by atoms with E-state index in [9.17, 15) is 9.59 Å². The van der Waals surface area contributed by atoms with Crippen LogP contribution >= 0.6 is 11.6 Å². The molecule has 0 aliphatic heterocycles. The third kappa shape index (κ3) is 4.35. The molecule has 6 heteroatoms. The molecule has 0 saturated carbocycles. The minimum Gasteiger partial charge on any atom is -0.478 e. The number of aromatic carboxylic acids is 1. The van der Waals surface area contributed by atoms with E-state index in [1.165, 1.54) is 18.2 Å². The molecule has 0 fully saturated rings. The fraction of sp³-hybridized carbons (Fsp3) is 0.333. The van der Waals surface area contributed by atoms with Crippen LogP contribution in [0.2, 0.25) is 5.02 Å². The molecule has 1 aromatic carbocycles. The van der Waals surface area contributed by atoms with Crippen molar-refractivity contribution in [1.29, 1.82) is 0 Å². The largest absolute Gasteiger partial charge is 0.478 e. The average molecular weight is 272 g/mol. The molecule has 0 atom stereocenters. The molecule has 0 unspecified atom stereocenters. The molecule has 1 amide bonds. The fourth-order valence-corrected chi connectivity index (χ4v) is 1.47. The molecule has 0 aromatic heterocycles. The van der Waals surface area contributed by atoms with Crippen LogP contribution in [0, 0.1) is 0 Å². The van der Waals surface area contributed by atoms with Gasteiger partial charge >= 0.3 is 5.97 Å². The highest BCUT2D eigenvalue weighted by molar-refractivity contribution is 6.33. The number of benzene rings is 1. The first-order valence-electron chi connectivity index (χ1n) is 5.45. The highest BCUT2D eigenvalue weighted by Crippen LogP contribution is 2.20. The van der Waals surface area contributed by atoms with Crippen LogP contribution in [0.5, 0.6) is 0 Å². The number of nitrogens with one attached hydrogen (secondary N) is 1. The lowest BCUT2D eigenvalue weighted by Gasteiger charge is -2.07. The highest BCUT2D eigenvalue weighted by Gasteiger charge is 2.10. The first-order valence-corrected chi connectivity index (χ1v) is 5.82. The molecular formula is C12H14ClNO4. The van der Waals surface area contributed by atoms with Gasteiger partial charge in [-0.15, -0.1) is 0 Å². The molecule has 18 heavy (non-hydrogen) atoms. The fourth-order valence-electron chi connectivity index (χ4n) is 1.27. The zero-order valence-electron chi connectivity index (χ0n) is 9.90. The van der Waals surface area contributed by atoms with E-state index in [-0.39, 0.29) is 23.1 Å². The molecule has 98 valence electrons. The number of hydrogen-bond acceptors (Lipinski definition) is 3. The molecule has 0 aliphatic rings. The molecule has 0 saturated heterocycles. The summed E-state index contributed by atoms with van der Waals surface area (Å²) in [6.07, 6.45) is 0.831. The standard InChI is InChI=1S/C12H14ClNO4/c1-2-5-18-7-11(15)14-8-3-4-10(13)9(6-8)12(16)17/h3-4,6H,2,5,7H2,1H3,(H,14,15)(H,16,17). The van der Waals surface area contributed by atoms with E-state index >= 15 is 0 Å². The van der Waals surface area contributed by atoms with Crippen molar-refractivity contribution in [3.63, 3.8) is 0 Å². The summed E-state index contributed by atoms with van der Waals surface area (Å²) in [6, 6.07) is 4.27. The van der Waals surface area contributed by atoms with E-state index in [1.807, 2.05) is 6.92 Å². The zero-order valence-corrected chi connectivity index (χ0v) is 10.7. The summed E-state index contributed by atoms with van der Waals surface area (Å²) in [5.41, 5.74) is 0.325. The van der Waals surface area contributed by atoms with E-state index in [0.717, 1.165) is 6.42 Å². The summed E-state index contributed by atoms with van der Waals surface area (Å²) in [7, 11) is 0. The molecule has 0 heterocycles. The van der Waals surface area contributed by atoms with Gasteiger partial charge in [0, 0.05) is 12.3 Å². The average Bonchev–Trinajstić information content (AvgIpc) is 2.31. The van der Waals surface area contributed by atoms with Crippen molar-refractivity contribution in [3.05, 3.63) is 28.8 Å². The number of halogens is 1. The first-order chi connectivity index (χ1) is 8.54. The Morgan fingerprint density at radius 2 is 2.17 bits per heavy atom. The van der Waals surface area contributed by atoms with Crippen molar-refractivity contribution in [3.8, 4) is 0 Å². The number of carbonyl (C=O) groups excluding carboxylic acids is 1. The molecular weight excluding hydrogens is 258 g/mol. The summed E-state index contributed by atoms with van der Waals surface area (Å²) in [5.74, 6) is -1.47. The number of ether oxygens (including phenoxy) is 1. The minimum atomic E-state index is -1.14. The molecule has 2 N–H and O–H groups in total. The van der Waals surface area contributed by atoms with E-state index in [4.69, 9.17) is 21.4 Å². The molecule has 0 radical (unpaired) electrons. The summed E-state index contributed by atoms with van der Waals surface area (Å²) in [5, 5.41) is 11.5. The van der Waals surface area contributed by atoms with Gasteiger partial charge in [0.2, 0.25) is 5.91 Å². The van der Waals surface area contributed by atoms with Gasteiger partial charge in [0.05, 0.1) is 10.6 Å². The predicted molar refractivity (Wildman–Crippen MR) is 68.2 cm³/mol. The van der Waals surface area contributed by atoms with Gasteiger partial charge in [0.15, 0.2) is 0 Å². The topological polar surface area (TPSA) is 75.6 Å². The number of anilines is 1. The Bertz CT molecular complexity index is 448. The highest BCUT2D eigenvalue weighted by atomic mass is 35.5. The van der Waals surface area contributed by atoms with Gasteiger partial charge in [0.1, 0.15) is 6.61 Å². The molecule has 0 bridgehead atoms. The van der Waals surface area contributed by atoms with Crippen LogP contribution in [-0.2, 0) is 9.53 Å². The van der Waals surface area contributed by atoms with Crippen molar-refractivity contribution in [2.24, 2.45) is 0 Å².